The monoisotopic (exact) mass is 392 g/mol. The minimum atomic E-state index is 0.0630. The standard InChI is InChI=1S/C22H16O2Se/c1-15(23)16-8-7-9-17(14-16)21-22(25-18-10-3-2-4-11-18)19-12-5-6-13-20(19)24-21/h2-14H,1H3. The predicted octanol–water partition coefficient (Wildman–Crippen LogP) is 3.96. The average molecular weight is 391 g/mol. The second-order valence-electron chi connectivity index (χ2n) is 5.81. The van der Waals surface area contributed by atoms with Gasteiger partial charge in [0, 0.05) is 0 Å². The second kappa shape index (κ2) is 6.72. The summed E-state index contributed by atoms with van der Waals surface area (Å²) < 4.78 is 8.71. The molecule has 0 aliphatic carbocycles. The fourth-order valence-corrected chi connectivity index (χ4v) is 5.02. The Balaban J connectivity index is 1.90. The summed E-state index contributed by atoms with van der Waals surface area (Å²) in [5.41, 5.74) is 2.55. The molecule has 0 saturated heterocycles. The van der Waals surface area contributed by atoms with Gasteiger partial charge in [0.25, 0.3) is 0 Å². The number of benzene rings is 3. The first kappa shape index (κ1) is 15.9. The Morgan fingerprint density at radius 1 is 0.880 bits per heavy atom. The Labute approximate surface area is 152 Å². The van der Waals surface area contributed by atoms with Crippen molar-refractivity contribution < 1.29 is 9.21 Å². The number of carbonyl (C=O) groups excluding carboxylic acids is 1. The number of carbonyl (C=O) groups is 1. The van der Waals surface area contributed by atoms with E-state index in [9.17, 15) is 4.79 Å². The molecule has 4 rings (SSSR count). The fourth-order valence-electron chi connectivity index (χ4n) is 2.80. The van der Waals surface area contributed by atoms with Crippen LogP contribution < -0.4 is 8.92 Å². The zero-order valence-electron chi connectivity index (χ0n) is 13.7. The van der Waals surface area contributed by atoms with Gasteiger partial charge in [0.2, 0.25) is 0 Å². The van der Waals surface area contributed by atoms with Crippen LogP contribution in [0.3, 0.4) is 0 Å². The first-order chi connectivity index (χ1) is 12.2. The van der Waals surface area contributed by atoms with Gasteiger partial charge in [0.15, 0.2) is 0 Å². The summed E-state index contributed by atoms with van der Waals surface area (Å²) in [6, 6.07) is 26.3. The molecule has 0 aliphatic heterocycles. The van der Waals surface area contributed by atoms with Crippen LogP contribution in [0.25, 0.3) is 22.3 Å². The molecular weight excluding hydrogens is 375 g/mol. The maximum absolute atomic E-state index is 11.8. The number of hydrogen-bond acceptors (Lipinski definition) is 2. The number of rotatable bonds is 4. The van der Waals surface area contributed by atoms with Crippen molar-refractivity contribution in [3.8, 4) is 11.3 Å². The molecule has 0 spiro atoms. The molecule has 2 nitrogen and oxygen atoms in total. The average Bonchev–Trinajstić information content (AvgIpc) is 3.01. The first-order valence-electron chi connectivity index (χ1n) is 8.08. The van der Waals surface area contributed by atoms with Gasteiger partial charge in [-0.2, -0.15) is 0 Å². The summed E-state index contributed by atoms with van der Waals surface area (Å²) >= 11 is 0.120. The third-order valence-electron chi connectivity index (χ3n) is 4.04. The topological polar surface area (TPSA) is 30.2 Å². The van der Waals surface area contributed by atoms with Crippen LogP contribution in [0.1, 0.15) is 17.3 Å². The Morgan fingerprint density at radius 2 is 1.64 bits per heavy atom. The molecule has 4 aromatic rings. The van der Waals surface area contributed by atoms with E-state index in [4.69, 9.17) is 4.42 Å². The third-order valence-corrected chi connectivity index (χ3v) is 6.39. The minimum absolute atomic E-state index is 0.0630. The van der Waals surface area contributed by atoms with Crippen LogP contribution >= 0.6 is 0 Å². The van der Waals surface area contributed by atoms with Gasteiger partial charge in [-0.25, -0.2) is 0 Å². The van der Waals surface area contributed by atoms with Crippen molar-refractivity contribution in [1.29, 1.82) is 0 Å². The Bertz CT molecular complexity index is 1050. The summed E-state index contributed by atoms with van der Waals surface area (Å²) in [5, 5.41) is 1.15. The van der Waals surface area contributed by atoms with E-state index in [-0.39, 0.29) is 20.7 Å². The second-order valence-corrected chi connectivity index (χ2v) is 8.08. The van der Waals surface area contributed by atoms with Crippen LogP contribution in [0.5, 0.6) is 0 Å². The molecule has 0 radical (unpaired) electrons. The van der Waals surface area contributed by atoms with E-state index >= 15 is 0 Å². The zero-order chi connectivity index (χ0) is 17.2. The fraction of sp³-hybridized carbons (Fsp3) is 0.0455. The summed E-state index contributed by atoms with van der Waals surface area (Å²) in [4.78, 5) is 11.8. The van der Waals surface area contributed by atoms with E-state index < -0.39 is 0 Å². The van der Waals surface area contributed by atoms with Crippen molar-refractivity contribution in [2.24, 2.45) is 0 Å². The molecule has 0 aliphatic rings. The molecular formula is C22H16O2Se. The predicted molar refractivity (Wildman–Crippen MR) is 103 cm³/mol. The quantitative estimate of drug-likeness (QED) is 0.390. The molecule has 1 aromatic heterocycles. The number of ketones is 1. The molecule has 0 unspecified atom stereocenters. The normalized spacial score (nSPS) is 10.9. The number of fused-ring (bicyclic) bond motifs is 1. The number of para-hydroxylation sites is 1. The van der Waals surface area contributed by atoms with E-state index in [1.54, 1.807) is 6.92 Å². The SMILES string of the molecule is CC(=O)c1cccc(-c2oc3ccccc3c2[Se]c2ccccc2)c1. The number of hydrogen-bond donors (Lipinski definition) is 0. The van der Waals surface area contributed by atoms with Crippen LogP contribution in [-0.4, -0.2) is 20.7 Å². The van der Waals surface area contributed by atoms with Gasteiger partial charge in [-0.3, -0.25) is 0 Å². The summed E-state index contributed by atoms with van der Waals surface area (Å²) in [6.07, 6.45) is 0. The molecule has 25 heavy (non-hydrogen) atoms. The van der Waals surface area contributed by atoms with E-state index in [0.29, 0.717) is 5.56 Å². The van der Waals surface area contributed by atoms with Crippen molar-refractivity contribution >= 4 is 40.6 Å². The summed E-state index contributed by atoms with van der Waals surface area (Å²) in [7, 11) is 0. The maximum atomic E-state index is 11.8. The van der Waals surface area contributed by atoms with Crippen LogP contribution in [0, 0.1) is 0 Å². The van der Waals surface area contributed by atoms with Crippen LogP contribution in [0.2, 0.25) is 0 Å². The van der Waals surface area contributed by atoms with Gasteiger partial charge >= 0.3 is 153 Å². The molecule has 122 valence electrons. The third kappa shape index (κ3) is 3.17. The first-order valence-corrected chi connectivity index (χ1v) is 9.79. The summed E-state index contributed by atoms with van der Waals surface area (Å²) in [5.74, 6) is 0.932. The molecule has 0 N–H and O–H groups in total. The van der Waals surface area contributed by atoms with Gasteiger partial charge in [0.1, 0.15) is 0 Å². The van der Waals surface area contributed by atoms with Gasteiger partial charge in [0.05, 0.1) is 0 Å². The Kier molecular flexibility index (Phi) is 4.27. The molecule has 3 heteroatoms. The van der Waals surface area contributed by atoms with Crippen molar-refractivity contribution in [2.75, 3.05) is 0 Å². The van der Waals surface area contributed by atoms with E-state index in [2.05, 4.69) is 30.3 Å². The van der Waals surface area contributed by atoms with Gasteiger partial charge in [-0.15, -0.1) is 0 Å². The molecule has 0 atom stereocenters. The van der Waals surface area contributed by atoms with E-state index in [1.165, 1.54) is 8.92 Å². The zero-order valence-corrected chi connectivity index (χ0v) is 15.4. The van der Waals surface area contributed by atoms with Gasteiger partial charge in [-0.1, -0.05) is 0 Å². The molecule has 0 fully saturated rings. The van der Waals surface area contributed by atoms with Crippen molar-refractivity contribution in [1.82, 2.24) is 0 Å². The van der Waals surface area contributed by atoms with Crippen molar-refractivity contribution in [3.63, 3.8) is 0 Å². The van der Waals surface area contributed by atoms with Crippen molar-refractivity contribution in [3.05, 3.63) is 84.4 Å². The van der Waals surface area contributed by atoms with E-state index in [0.717, 1.165) is 22.3 Å². The van der Waals surface area contributed by atoms with Gasteiger partial charge in [-0.05, 0) is 0 Å². The molecule has 0 saturated carbocycles. The Morgan fingerprint density at radius 3 is 2.44 bits per heavy atom. The van der Waals surface area contributed by atoms with Crippen LogP contribution in [0.15, 0.2) is 83.3 Å². The number of Topliss-reactive ketones (excluding diaryl/α,β-unsaturated/α-hetero) is 1. The summed E-state index contributed by atoms with van der Waals surface area (Å²) in [6.45, 7) is 1.59. The molecule has 3 aromatic carbocycles. The molecule has 0 amide bonds. The van der Waals surface area contributed by atoms with Gasteiger partial charge < -0.3 is 0 Å². The van der Waals surface area contributed by atoms with Crippen LogP contribution in [0.4, 0.5) is 0 Å². The van der Waals surface area contributed by atoms with Crippen LogP contribution in [-0.2, 0) is 0 Å². The number of furan rings is 1. The molecule has 0 bridgehead atoms. The van der Waals surface area contributed by atoms with Crippen molar-refractivity contribution in [2.45, 2.75) is 6.92 Å². The van der Waals surface area contributed by atoms with E-state index in [1.807, 2.05) is 48.5 Å². The Hall–Kier alpha value is -2.61. The molecule has 1 heterocycles.